The summed E-state index contributed by atoms with van der Waals surface area (Å²) in [6.45, 7) is 2.92. The lowest BCUT2D eigenvalue weighted by Gasteiger charge is -2.21. The minimum absolute atomic E-state index is 0.725. The summed E-state index contributed by atoms with van der Waals surface area (Å²) < 4.78 is 10.8. The second-order valence-electron chi connectivity index (χ2n) is 7.61. The quantitative estimate of drug-likeness (QED) is 0.126. The van der Waals surface area contributed by atoms with Gasteiger partial charge in [-0.05, 0) is 63.0 Å². The van der Waals surface area contributed by atoms with Crippen LogP contribution >= 0.6 is 0 Å². The topological polar surface area (TPSA) is 252 Å². The zero-order valence-corrected chi connectivity index (χ0v) is 21.0. The third-order valence-electron chi connectivity index (χ3n) is 4.51. The van der Waals surface area contributed by atoms with Gasteiger partial charge in [-0.1, -0.05) is 0 Å². The Morgan fingerprint density at radius 1 is 0.711 bits per heavy atom. The molecule has 10 N–H and O–H groups in total. The van der Waals surface area contributed by atoms with Crippen LogP contribution in [0.2, 0.25) is 0 Å². The lowest BCUT2D eigenvalue weighted by Crippen LogP contribution is -2.49. The van der Waals surface area contributed by atoms with Crippen molar-refractivity contribution in [1.29, 1.82) is 0 Å². The van der Waals surface area contributed by atoms with Gasteiger partial charge in [0.2, 0.25) is 0 Å². The Morgan fingerprint density at radius 2 is 1.08 bits per heavy atom. The molecular weight excluding hydrogens is 504 g/mol. The van der Waals surface area contributed by atoms with Gasteiger partial charge in [0.05, 0.1) is 25.6 Å². The average molecular weight is 543 g/mol. The minimum atomic E-state index is -2.36. The number of hydrogen-bond donors (Lipinski definition) is 8. The third kappa shape index (κ3) is 16.4. The van der Waals surface area contributed by atoms with E-state index in [1.807, 2.05) is 24.3 Å². The molecule has 4 atom stereocenters. The van der Waals surface area contributed by atoms with Crippen molar-refractivity contribution in [2.24, 2.45) is 11.5 Å². The lowest BCUT2D eigenvalue weighted by molar-refractivity contribution is -0.172. The molecule has 2 aromatic heterocycles. The number of ether oxygens (including phenoxy) is 2. The number of aliphatic hydroxyl groups excluding tert-OH is 4. The molecule has 0 fully saturated rings. The molecule has 0 saturated heterocycles. The Morgan fingerprint density at radius 3 is 1.34 bits per heavy atom. The van der Waals surface area contributed by atoms with E-state index in [4.69, 9.17) is 51.6 Å². The van der Waals surface area contributed by atoms with Gasteiger partial charge >= 0.3 is 11.9 Å². The zero-order valence-electron chi connectivity index (χ0n) is 21.0. The Kier molecular flexibility index (Phi) is 19.7. The minimum Gasteiger partial charge on any atom is -0.492 e. The summed E-state index contributed by atoms with van der Waals surface area (Å²) in [7, 11) is 0. The van der Waals surface area contributed by atoms with Gasteiger partial charge in [-0.2, -0.15) is 0 Å². The van der Waals surface area contributed by atoms with Crippen LogP contribution in [0.3, 0.4) is 0 Å². The highest BCUT2D eigenvalue weighted by molar-refractivity contribution is 5.75. The third-order valence-corrected chi connectivity index (χ3v) is 4.51. The van der Waals surface area contributed by atoms with Crippen LogP contribution in [-0.2, 0) is 9.59 Å². The number of nitrogens with two attached hydrogens (primary N) is 2. The van der Waals surface area contributed by atoms with Crippen molar-refractivity contribution in [1.82, 2.24) is 9.97 Å². The molecule has 0 bridgehead atoms. The van der Waals surface area contributed by atoms with Crippen molar-refractivity contribution in [2.75, 3.05) is 26.3 Å². The van der Waals surface area contributed by atoms with E-state index in [0.29, 0.717) is 0 Å². The first-order valence-corrected chi connectivity index (χ1v) is 11.8. The maximum absolute atomic E-state index is 10.1. The first-order valence-electron chi connectivity index (χ1n) is 11.8. The number of carboxylic acid groups (broad SMARTS) is 2. The van der Waals surface area contributed by atoms with E-state index in [9.17, 15) is 9.59 Å². The number of nitrogens with zero attached hydrogens (tertiary/aromatic N) is 2. The second kappa shape index (κ2) is 21.7. The fourth-order valence-corrected chi connectivity index (χ4v) is 2.40. The zero-order chi connectivity index (χ0) is 28.8. The Labute approximate surface area is 220 Å². The molecule has 0 aliphatic rings. The molecule has 14 heteroatoms. The second-order valence-corrected chi connectivity index (χ2v) is 7.61. The van der Waals surface area contributed by atoms with E-state index in [1.54, 1.807) is 24.8 Å². The van der Waals surface area contributed by atoms with Crippen molar-refractivity contribution < 1.29 is 49.7 Å². The molecule has 0 saturated carbocycles. The molecule has 0 aromatic carbocycles. The number of unbranched alkanes of at least 4 members (excludes halogenated alkanes) is 2. The molecule has 14 nitrogen and oxygen atoms in total. The predicted molar refractivity (Wildman–Crippen MR) is 135 cm³/mol. The highest BCUT2D eigenvalue weighted by atomic mass is 16.5. The summed E-state index contributed by atoms with van der Waals surface area (Å²) in [6.07, 6.45) is 1.64. The normalized spacial score (nSPS) is 13.3. The number of carbonyl (C=O) groups is 2. The van der Waals surface area contributed by atoms with Crippen LogP contribution in [0.25, 0.3) is 0 Å². The van der Waals surface area contributed by atoms with Gasteiger partial charge in [0.15, 0.2) is 12.2 Å². The number of aliphatic carboxylic acids is 2. The number of rotatable bonds is 15. The van der Waals surface area contributed by atoms with E-state index in [-0.39, 0.29) is 0 Å². The predicted octanol–water partition coefficient (Wildman–Crippen LogP) is -1.00. The summed E-state index contributed by atoms with van der Waals surface area (Å²) in [6, 6.07) is 7.52. The van der Waals surface area contributed by atoms with Crippen molar-refractivity contribution in [3.8, 4) is 11.5 Å². The van der Waals surface area contributed by atoms with E-state index in [2.05, 4.69) is 9.97 Å². The Balaban J connectivity index is 0.000000542. The summed E-state index contributed by atoms with van der Waals surface area (Å²) in [5.74, 6) is -2.02. The van der Waals surface area contributed by atoms with Crippen molar-refractivity contribution in [2.45, 2.75) is 50.1 Å². The van der Waals surface area contributed by atoms with Crippen molar-refractivity contribution in [3.05, 3.63) is 49.1 Å². The van der Waals surface area contributed by atoms with E-state index < -0.39 is 36.4 Å². The maximum atomic E-state index is 10.1. The SMILES string of the molecule is NCCCCOc1cccnc1.NCCCCOc1cccnc1.O=C(O)[C@@H](O)[C@H](O)[C@H](O)[C@@H](O)C(=O)O. The van der Waals surface area contributed by atoms with Gasteiger partial charge in [0.1, 0.15) is 23.7 Å². The van der Waals surface area contributed by atoms with Gasteiger partial charge in [0, 0.05) is 12.4 Å². The van der Waals surface area contributed by atoms with Crippen LogP contribution < -0.4 is 20.9 Å². The monoisotopic (exact) mass is 542 g/mol. The van der Waals surface area contributed by atoms with Crippen LogP contribution in [0, 0.1) is 0 Å². The van der Waals surface area contributed by atoms with Crippen LogP contribution in [0.4, 0.5) is 0 Å². The van der Waals surface area contributed by atoms with Gasteiger partial charge in [-0.3, -0.25) is 9.97 Å². The first-order chi connectivity index (χ1) is 18.1. The summed E-state index contributed by atoms with van der Waals surface area (Å²) in [4.78, 5) is 28.0. The lowest BCUT2D eigenvalue weighted by atomic mass is 10.0. The molecule has 38 heavy (non-hydrogen) atoms. The van der Waals surface area contributed by atoms with Gasteiger partial charge < -0.3 is 51.6 Å². The molecule has 0 unspecified atom stereocenters. The first kappa shape index (κ1) is 34.6. The van der Waals surface area contributed by atoms with Gasteiger partial charge in [-0.15, -0.1) is 0 Å². The largest absolute Gasteiger partial charge is 0.492 e. The molecule has 0 aliphatic heterocycles. The molecule has 0 spiro atoms. The average Bonchev–Trinajstić information content (AvgIpc) is 2.93. The van der Waals surface area contributed by atoms with Crippen LogP contribution in [-0.4, -0.2) is 103 Å². The maximum Gasteiger partial charge on any atom is 0.335 e. The fourth-order valence-electron chi connectivity index (χ4n) is 2.40. The molecule has 0 amide bonds. The van der Waals surface area contributed by atoms with Crippen molar-refractivity contribution >= 4 is 11.9 Å². The number of hydrogen-bond acceptors (Lipinski definition) is 12. The Hall–Kier alpha value is -3.40. The van der Waals surface area contributed by atoms with Crippen LogP contribution in [0.5, 0.6) is 11.5 Å². The molecular formula is C24H38N4O10. The van der Waals surface area contributed by atoms with Crippen LogP contribution in [0.1, 0.15) is 25.7 Å². The molecule has 2 rings (SSSR count). The van der Waals surface area contributed by atoms with E-state index in [0.717, 1.165) is 63.5 Å². The van der Waals surface area contributed by atoms with Gasteiger partial charge in [-0.25, -0.2) is 9.59 Å². The highest BCUT2D eigenvalue weighted by Crippen LogP contribution is 2.07. The molecule has 214 valence electrons. The summed E-state index contributed by atoms with van der Waals surface area (Å²) in [5, 5.41) is 51.5. The fraction of sp³-hybridized carbons (Fsp3) is 0.500. The number of aromatic nitrogens is 2. The highest BCUT2D eigenvalue weighted by Gasteiger charge is 2.37. The van der Waals surface area contributed by atoms with Crippen molar-refractivity contribution in [3.63, 3.8) is 0 Å². The molecule has 2 heterocycles. The molecule has 2 aromatic rings. The smallest absolute Gasteiger partial charge is 0.335 e. The summed E-state index contributed by atoms with van der Waals surface area (Å²) in [5.41, 5.74) is 10.7. The standard InChI is InChI=1S/2C9H14N2O.C6H10O8/c2*10-5-1-2-7-12-9-4-3-6-11-8-9;7-1(3(9)5(11)12)2(8)4(10)6(13)14/h2*3-4,6,8H,1-2,5,7,10H2;1-4,7-10H,(H,11,12)(H,13,14)/t;;1-,2+,3+,4-. The van der Waals surface area contributed by atoms with E-state index in [1.165, 1.54) is 0 Å². The summed E-state index contributed by atoms with van der Waals surface area (Å²) >= 11 is 0. The Bertz CT molecular complexity index is 792. The van der Waals surface area contributed by atoms with E-state index >= 15 is 0 Å². The molecule has 0 aliphatic carbocycles. The number of carboxylic acids is 2. The number of aliphatic hydroxyl groups is 4. The van der Waals surface area contributed by atoms with Crippen LogP contribution in [0.15, 0.2) is 49.1 Å². The van der Waals surface area contributed by atoms with Gasteiger partial charge in [0.25, 0.3) is 0 Å². The number of pyridine rings is 2. The molecule has 0 radical (unpaired) electrons.